The number of benzene rings is 2. The Kier molecular flexibility index (Phi) is 6.69. The lowest BCUT2D eigenvalue weighted by Crippen LogP contribution is -2.46. The molecular weight excluding hydrogens is 426 g/mol. The van der Waals surface area contributed by atoms with Crippen LogP contribution >= 0.6 is 0 Å². The summed E-state index contributed by atoms with van der Waals surface area (Å²) in [6, 6.07) is 14.6. The molecule has 8 heteroatoms. The predicted molar refractivity (Wildman–Crippen MR) is 134 cm³/mol. The molecule has 0 saturated carbocycles. The molecule has 3 heterocycles. The highest BCUT2D eigenvalue weighted by Crippen LogP contribution is 2.23. The normalized spacial score (nSPS) is 15.1. The summed E-state index contributed by atoms with van der Waals surface area (Å²) in [7, 11) is 0. The molecule has 1 aliphatic rings. The van der Waals surface area contributed by atoms with E-state index in [1.165, 1.54) is 29.0 Å². The number of nitrogens with zero attached hydrogens (tertiary/aromatic N) is 5. The van der Waals surface area contributed by atoms with Crippen LogP contribution in [0.15, 0.2) is 61.3 Å². The molecule has 34 heavy (non-hydrogen) atoms. The monoisotopic (exact) mass is 457 g/mol. The lowest BCUT2D eigenvalue weighted by Gasteiger charge is -2.34. The molecule has 0 atom stereocenters. The van der Waals surface area contributed by atoms with E-state index in [2.05, 4.69) is 66.8 Å². The molecular formula is C26H31N7O. The van der Waals surface area contributed by atoms with Crippen molar-refractivity contribution in [1.82, 2.24) is 29.5 Å². The number of H-pyrrole nitrogens is 1. The van der Waals surface area contributed by atoms with E-state index in [4.69, 9.17) is 0 Å². The van der Waals surface area contributed by atoms with Crippen molar-refractivity contribution in [3.05, 3.63) is 72.4 Å². The second-order valence-electron chi connectivity index (χ2n) is 9.01. The number of hydrogen-bond donors (Lipinski definition) is 2. The van der Waals surface area contributed by atoms with Crippen LogP contribution < -0.4 is 5.32 Å². The second-order valence-corrected chi connectivity index (χ2v) is 9.01. The average molecular weight is 458 g/mol. The van der Waals surface area contributed by atoms with Crippen molar-refractivity contribution < 1.29 is 4.79 Å². The minimum Gasteiger partial charge on any atom is -0.361 e. The molecule has 5 rings (SSSR count). The van der Waals surface area contributed by atoms with Crippen LogP contribution in [0.4, 0.5) is 5.69 Å². The van der Waals surface area contributed by atoms with Gasteiger partial charge in [0.05, 0.1) is 0 Å². The summed E-state index contributed by atoms with van der Waals surface area (Å²) in [6.45, 7) is 8.00. The number of fused-ring (bicyclic) bond motifs is 1. The van der Waals surface area contributed by atoms with Gasteiger partial charge in [-0.05, 0) is 60.8 Å². The van der Waals surface area contributed by atoms with E-state index < -0.39 is 0 Å². The van der Waals surface area contributed by atoms with Crippen LogP contribution in [-0.4, -0.2) is 68.2 Å². The summed E-state index contributed by atoms with van der Waals surface area (Å²) in [5, 5.41) is 11.9. The summed E-state index contributed by atoms with van der Waals surface area (Å²) in [6.07, 6.45) is 7.82. The number of hydrogen-bond acceptors (Lipinski definition) is 5. The Hall–Kier alpha value is -3.49. The van der Waals surface area contributed by atoms with Crippen molar-refractivity contribution in [1.29, 1.82) is 0 Å². The first kappa shape index (κ1) is 22.3. The zero-order chi connectivity index (χ0) is 23.3. The minimum absolute atomic E-state index is 0.0367. The zero-order valence-corrected chi connectivity index (χ0v) is 19.6. The average Bonchev–Trinajstić information content (AvgIpc) is 3.51. The van der Waals surface area contributed by atoms with Gasteiger partial charge in [0.25, 0.3) is 0 Å². The predicted octanol–water partition coefficient (Wildman–Crippen LogP) is 3.46. The van der Waals surface area contributed by atoms with Crippen molar-refractivity contribution in [2.24, 2.45) is 0 Å². The highest BCUT2D eigenvalue weighted by molar-refractivity contribution is 5.88. The third-order valence-electron chi connectivity index (χ3n) is 6.53. The van der Waals surface area contributed by atoms with Crippen LogP contribution in [0.5, 0.6) is 0 Å². The van der Waals surface area contributed by atoms with E-state index >= 15 is 0 Å². The lowest BCUT2D eigenvalue weighted by atomic mass is 10.1. The third-order valence-corrected chi connectivity index (χ3v) is 6.53. The van der Waals surface area contributed by atoms with Crippen molar-refractivity contribution >= 4 is 22.5 Å². The standard InChI is InChI=1S/C26H31N7O/c1-20(34)30-23-6-4-21(5-7-23)17-32-13-11-31(12-14-32)10-2-3-22-16-27-26-9-8-24(15-25(22)26)33-18-28-29-19-33/h4-9,15-16,18-19,27H,2-3,10-14,17H2,1H3,(H,30,34). The second kappa shape index (κ2) is 10.2. The van der Waals surface area contributed by atoms with E-state index in [0.717, 1.165) is 63.5 Å². The van der Waals surface area contributed by atoms with E-state index in [9.17, 15) is 4.79 Å². The number of anilines is 1. The topological polar surface area (TPSA) is 82.1 Å². The van der Waals surface area contributed by atoms with E-state index in [1.54, 1.807) is 12.7 Å². The number of piperazine rings is 1. The fraction of sp³-hybridized carbons (Fsp3) is 0.346. The van der Waals surface area contributed by atoms with Crippen molar-refractivity contribution in [3.8, 4) is 5.69 Å². The van der Waals surface area contributed by atoms with Crippen LogP contribution in [0.1, 0.15) is 24.5 Å². The Morgan fingerprint density at radius 2 is 1.74 bits per heavy atom. The number of rotatable bonds is 8. The van der Waals surface area contributed by atoms with Gasteiger partial charge < -0.3 is 15.2 Å². The molecule has 1 aliphatic heterocycles. The first-order valence-electron chi connectivity index (χ1n) is 11.9. The van der Waals surface area contributed by atoms with E-state index in [-0.39, 0.29) is 5.91 Å². The van der Waals surface area contributed by atoms with Gasteiger partial charge in [-0.25, -0.2) is 0 Å². The van der Waals surface area contributed by atoms with Crippen molar-refractivity contribution in [2.75, 3.05) is 38.0 Å². The summed E-state index contributed by atoms with van der Waals surface area (Å²) in [5.41, 5.74) is 5.76. The van der Waals surface area contributed by atoms with Crippen molar-refractivity contribution in [3.63, 3.8) is 0 Å². The van der Waals surface area contributed by atoms with E-state index in [0.29, 0.717) is 0 Å². The number of aryl methyl sites for hydroxylation is 1. The van der Waals surface area contributed by atoms with Crippen LogP contribution in [0, 0.1) is 0 Å². The van der Waals surface area contributed by atoms with Gasteiger partial charge in [0.15, 0.2) is 0 Å². The maximum Gasteiger partial charge on any atom is 0.221 e. The number of aromatic amines is 1. The van der Waals surface area contributed by atoms with Gasteiger partial charge in [-0.15, -0.1) is 10.2 Å². The summed E-state index contributed by atoms with van der Waals surface area (Å²) in [4.78, 5) is 19.7. The Morgan fingerprint density at radius 3 is 2.47 bits per heavy atom. The molecule has 0 aliphatic carbocycles. The molecule has 8 nitrogen and oxygen atoms in total. The molecule has 1 amide bonds. The van der Waals surface area contributed by atoms with E-state index in [1.807, 2.05) is 16.7 Å². The number of carbonyl (C=O) groups excluding carboxylic acids is 1. The Labute approximate surface area is 199 Å². The highest BCUT2D eigenvalue weighted by atomic mass is 16.1. The Morgan fingerprint density at radius 1 is 1.00 bits per heavy atom. The molecule has 176 valence electrons. The largest absolute Gasteiger partial charge is 0.361 e. The molecule has 1 fully saturated rings. The summed E-state index contributed by atoms with van der Waals surface area (Å²) in [5.74, 6) is -0.0367. The Bertz CT molecular complexity index is 1220. The fourth-order valence-corrected chi connectivity index (χ4v) is 4.69. The molecule has 0 spiro atoms. The van der Waals surface area contributed by atoms with Gasteiger partial charge >= 0.3 is 0 Å². The molecule has 0 bridgehead atoms. The van der Waals surface area contributed by atoms with Gasteiger partial charge in [-0.2, -0.15) is 0 Å². The highest BCUT2D eigenvalue weighted by Gasteiger charge is 2.17. The van der Waals surface area contributed by atoms with Crippen LogP contribution in [0.25, 0.3) is 16.6 Å². The smallest absolute Gasteiger partial charge is 0.221 e. The number of nitrogens with one attached hydrogen (secondary N) is 2. The van der Waals surface area contributed by atoms with Crippen molar-refractivity contribution in [2.45, 2.75) is 26.3 Å². The SMILES string of the molecule is CC(=O)Nc1ccc(CN2CCN(CCCc3c[nH]c4ccc(-n5cnnc5)cc34)CC2)cc1. The molecule has 2 aromatic heterocycles. The van der Waals surface area contributed by atoms with Gasteiger partial charge in [0.2, 0.25) is 5.91 Å². The van der Waals surface area contributed by atoms with Crippen LogP contribution in [-0.2, 0) is 17.8 Å². The van der Waals surface area contributed by atoms with Gasteiger partial charge in [-0.3, -0.25) is 14.3 Å². The molecule has 4 aromatic rings. The Balaban J connectivity index is 1.09. The molecule has 1 saturated heterocycles. The quantitative estimate of drug-likeness (QED) is 0.424. The first-order valence-corrected chi connectivity index (χ1v) is 11.9. The van der Waals surface area contributed by atoms with Gasteiger partial charge in [-0.1, -0.05) is 12.1 Å². The van der Waals surface area contributed by atoms with Crippen LogP contribution in [0.2, 0.25) is 0 Å². The number of aromatic nitrogens is 4. The third kappa shape index (κ3) is 5.35. The number of carbonyl (C=O) groups is 1. The first-order chi connectivity index (χ1) is 16.6. The molecule has 0 unspecified atom stereocenters. The maximum absolute atomic E-state index is 11.2. The van der Waals surface area contributed by atoms with Gasteiger partial charge in [0.1, 0.15) is 12.7 Å². The molecule has 2 N–H and O–H groups in total. The lowest BCUT2D eigenvalue weighted by molar-refractivity contribution is -0.114. The fourth-order valence-electron chi connectivity index (χ4n) is 4.69. The molecule has 0 radical (unpaired) electrons. The minimum atomic E-state index is -0.0367. The maximum atomic E-state index is 11.2. The van der Waals surface area contributed by atoms with Gasteiger partial charge in [0, 0.05) is 68.1 Å². The number of amides is 1. The summed E-state index contributed by atoms with van der Waals surface area (Å²) >= 11 is 0. The summed E-state index contributed by atoms with van der Waals surface area (Å²) < 4.78 is 1.94. The zero-order valence-electron chi connectivity index (χ0n) is 19.6. The molecule has 2 aromatic carbocycles. The van der Waals surface area contributed by atoms with Crippen LogP contribution in [0.3, 0.4) is 0 Å².